The van der Waals surface area contributed by atoms with Crippen LogP contribution in [0.1, 0.15) is 0 Å². The molecule has 1 aliphatic rings. The van der Waals surface area contributed by atoms with Crippen LogP contribution in [-0.4, -0.2) is 42.5 Å². The Bertz CT molecular complexity index is 132. The summed E-state index contributed by atoms with van der Waals surface area (Å²) in [5.74, 6) is 0. The predicted octanol–water partition coefficient (Wildman–Crippen LogP) is 0.373. The van der Waals surface area contributed by atoms with Gasteiger partial charge in [0.15, 0.2) is 0 Å². The van der Waals surface area contributed by atoms with Gasteiger partial charge in [0.2, 0.25) is 5.29 Å². The zero-order chi connectivity index (χ0) is 6.85. The molecule has 0 fully saturated rings. The second kappa shape index (κ2) is 2.54. The molecule has 0 N–H and O–H groups in total. The van der Waals surface area contributed by atoms with Gasteiger partial charge in [-0.15, -0.1) is 0 Å². The highest BCUT2D eigenvalue weighted by Gasteiger charge is 2.15. The summed E-state index contributed by atoms with van der Waals surface area (Å²) >= 11 is 5.71. The molecule has 0 saturated carbocycles. The zero-order valence-electron chi connectivity index (χ0n) is 5.63. The molecule has 0 unspecified atom stereocenters. The van der Waals surface area contributed by atoms with Crippen molar-refractivity contribution in [2.45, 2.75) is 0 Å². The van der Waals surface area contributed by atoms with Crippen LogP contribution in [0, 0.1) is 0 Å². The molecule has 1 heterocycles. The largest absolute Gasteiger partial charge is 0.279 e. The van der Waals surface area contributed by atoms with Crippen molar-refractivity contribution < 1.29 is 0 Å². The van der Waals surface area contributed by atoms with E-state index >= 15 is 0 Å². The first-order valence-electron chi connectivity index (χ1n) is 2.86. The van der Waals surface area contributed by atoms with Crippen molar-refractivity contribution in [2.75, 3.05) is 27.2 Å². The van der Waals surface area contributed by atoms with Crippen molar-refractivity contribution in [2.24, 2.45) is 4.99 Å². The highest BCUT2D eigenvalue weighted by atomic mass is 35.5. The van der Waals surface area contributed by atoms with Crippen LogP contribution >= 0.6 is 11.6 Å². The molecular formula is C5H10ClN3. The van der Waals surface area contributed by atoms with Crippen molar-refractivity contribution in [1.29, 1.82) is 0 Å². The number of aliphatic imine (C=N–C) groups is 1. The fraction of sp³-hybridized carbons (Fsp3) is 0.800. The summed E-state index contributed by atoms with van der Waals surface area (Å²) in [6.45, 7) is 1.73. The molecule has 0 atom stereocenters. The van der Waals surface area contributed by atoms with Gasteiger partial charge >= 0.3 is 0 Å². The molecule has 9 heavy (non-hydrogen) atoms. The van der Waals surface area contributed by atoms with E-state index in [-0.39, 0.29) is 0 Å². The van der Waals surface area contributed by atoms with Crippen LogP contribution in [0.2, 0.25) is 0 Å². The van der Waals surface area contributed by atoms with E-state index < -0.39 is 0 Å². The maximum Gasteiger partial charge on any atom is 0.208 e. The van der Waals surface area contributed by atoms with Crippen LogP contribution in [0.25, 0.3) is 0 Å². The number of amidine groups is 1. The Morgan fingerprint density at radius 3 is 2.56 bits per heavy atom. The minimum absolute atomic E-state index is 0.597. The average molecular weight is 148 g/mol. The molecule has 0 aromatic carbocycles. The third kappa shape index (κ3) is 1.34. The molecule has 4 heteroatoms. The number of hydrazine groups is 1. The molecule has 0 saturated heterocycles. The topological polar surface area (TPSA) is 18.8 Å². The number of hydrogen-bond acceptors (Lipinski definition) is 3. The smallest absolute Gasteiger partial charge is 0.208 e. The average Bonchev–Trinajstić information content (AvgIpc) is 2.13. The van der Waals surface area contributed by atoms with Crippen LogP contribution in [0.15, 0.2) is 4.99 Å². The predicted molar refractivity (Wildman–Crippen MR) is 38.5 cm³/mol. The second-order valence-electron chi connectivity index (χ2n) is 2.12. The molecule has 1 rings (SSSR count). The van der Waals surface area contributed by atoms with Gasteiger partial charge in [-0.05, 0) is 11.6 Å². The Balaban J connectivity index is 2.53. The summed E-state index contributed by atoms with van der Waals surface area (Å²) < 4.78 is 0. The van der Waals surface area contributed by atoms with Crippen LogP contribution < -0.4 is 0 Å². The lowest BCUT2D eigenvalue weighted by molar-refractivity contribution is 0.129. The van der Waals surface area contributed by atoms with Gasteiger partial charge in [0.1, 0.15) is 0 Å². The van der Waals surface area contributed by atoms with Crippen molar-refractivity contribution in [3.63, 3.8) is 0 Å². The first-order valence-corrected chi connectivity index (χ1v) is 3.24. The molecule has 0 spiro atoms. The van der Waals surface area contributed by atoms with Gasteiger partial charge < -0.3 is 0 Å². The normalized spacial score (nSPS) is 19.1. The molecule has 52 valence electrons. The van der Waals surface area contributed by atoms with Crippen molar-refractivity contribution >= 4 is 16.9 Å². The lowest BCUT2D eigenvalue weighted by Gasteiger charge is -2.23. The third-order valence-corrected chi connectivity index (χ3v) is 1.56. The highest BCUT2D eigenvalue weighted by molar-refractivity contribution is 6.64. The Hall–Kier alpha value is -0.280. The molecule has 3 nitrogen and oxygen atoms in total. The summed E-state index contributed by atoms with van der Waals surface area (Å²) in [6, 6.07) is 0. The van der Waals surface area contributed by atoms with Gasteiger partial charge in [-0.3, -0.25) is 10.0 Å². The number of halogens is 1. The first kappa shape index (κ1) is 6.83. The van der Waals surface area contributed by atoms with Crippen molar-refractivity contribution in [1.82, 2.24) is 10.0 Å². The standard InChI is InChI=1S/C5H10ClN3/c1-8(2)9-4-3-7-5(9)6/h3-4H2,1-2H3. The summed E-state index contributed by atoms with van der Waals surface area (Å²) in [6.07, 6.45) is 0. The van der Waals surface area contributed by atoms with E-state index in [1.807, 2.05) is 24.1 Å². The van der Waals surface area contributed by atoms with E-state index in [4.69, 9.17) is 11.6 Å². The Kier molecular flexibility index (Phi) is 1.93. The van der Waals surface area contributed by atoms with E-state index in [0.29, 0.717) is 5.29 Å². The second-order valence-corrected chi connectivity index (χ2v) is 2.46. The van der Waals surface area contributed by atoms with Gasteiger partial charge in [-0.1, -0.05) is 0 Å². The number of hydrogen-bond donors (Lipinski definition) is 0. The van der Waals surface area contributed by atoms with Gasteiger partial charge in [0.05, 0.1) is 13.1 Å². The lowest BCUT2D eigenvalue weighted by Crippen LogP contribution is -2.37. The minimum Gasteiger partial charge on any atom is -0.279 e. The third-order valence-electron chi connectivity index (χ3n) is 1.25. The molecular weight excluding hydrogens is 138 g/mol. The van der Waals surface area contributed by atoms with E-state index in [0.717, 1.165) is 13.1 Å². The Labute approximate surface area is 59.9 Å². The summed E-state index contributed by atoms with van der Waals surface area (Å²) in [4.78, 5) is 4.01. The van der Waals surface area contributed by atoms with Crippen LogP contribution in [-0.2, 0) is 0 Å². The molecule has 0 bridgehead atoms. The maximum atomic E-state index is 5.71. The van der Waals surface area contributed by atoms with Gasteiger partial charge in [-0.25, -0.2) is 5.01 Å². The number of rotatable bonds is 1. The molecule has 0 aromatic heterocycles. The molecule has 0 amide bonds. The monoisotopic (exact) mass is 147 g/mol. The SMILES string of the molecule is CN(C)N1CCN=C1Cl. The molecule has 0 aliphatic carbocycles. The van der Waals surface area contributed by atoms with E-state index in [9.17, 15) is 0 Å². The molecule has 1 aliphatic heterocycles. The fourth-order valence-electron chi connectivity index (χ4n) is 0.776. The fourth-order valence-corrected chi connectivity index (χ4v) is 1.10. The lowest BCUT2D eigenvalue weighted by atomic mass is 10.7. The summed E-state index contributed by atoms with van der Waals surface area (Å²) in [5, 5.41) is 4.44. The first-order chi connectivity index (χ1) is 4.22. The summed E-state index contributed by atoms with van der Waals surface area (Å²) in [5.41, 5.74) is 0. The van der Waals surface area contributed by atoms with Crippen LogP contribution in [0.4, 0.5) is 0 Å². The van der Waals surface area contributed by atoms with Crippen molar-refractivity contribution in [3.8, 4) is 0 Å². The van der Waals surface area contributed by atoms with Gasteiger partial charge in [0.25, 0.3) is 0 Å². The van der Waals surface area contributed by atoms with E-state index in [1.165, 1.54) is 0 Å². The van der Waals surface area contributed by atoms with Crippen LogP contribution in [0.3, 0.4) is 0 Å². The van der Waals surface area contributed by atoms with Crippen LogP contribution in [0.5, 0.6) is 0 Å². The molecule has 0 aromatic rings. The minimum atomic E-state index is 0.597. The number of nitrogens with zero attached hydrogens (tertiary/aromatic N) is 3. The van der Waals surface area contributed by atoms with E-state index in [2.05, 4.69) is 4.99 Å². The van der Waals surface area contributed by atoms with Crippen molar-refractivity contribution in [3.05, 3.63) is 0 Å². The molecule has 0 radical (unpaired) electrons. The Morgan fingerprint density at radius 1 is 1.67 bits per heavy atom. The highest BCUT2D eigenvalue weighted by Crippen LogP contribution is 2.05. The van der Waals surface area contributed by atoms with Gasteiger partial charge in [-0.2, -0.15) is 0 Å². The summed E-state index contributed by atoms with van der Waals surface area (Å²) in [7, 11) is 3.90. The van der Waals surface area contributed by atoms with E-state index in [1.54, 1.807) is 0 Å². The quantitative estimate of drug-likeness (QED) is 0.500. The maximum absolute atomic E-state index is 5.71. The zero-order valence-corrected chi connectivity index (χ0v) is 6.39. The Morgan fingerprint density at radius 2 is 2.33 bits per heavy atom. The van der Waals surface area contributed by atoms with Gasteiger partial charge in [0, 0.05) is 14.1 Å².